The van der Waals surface area contributed by atoms with Crippen molar-refractivity contribution in [1.82, 2.24) is 14.5 Å². The summed E-state index contributed by atoms with van der Waals surface area (Å²) in [6.45, 7) is 1.37. The Bertz CT molecular complexity index is 1120. The van der Waals surface area contributed by atoms with Crippen LogP contribution in [0.3, 0.4) is 0 Å². The SMILES string of the molecule is Cn1c(N2CCC3(CC2)C[C@@H](C(F)(F)F)C[C@H]3N)nc2c(c1=O)C(c1ccncc1)=NC2. The highest BCUT2D eigenvalue weighted by Gasteiger charge is 2.55. The van der Waals surface area contributed by atoms with Gasteiger partial charge >= 0.3 is 6.18 Å². The van der Waals surface area contributed by atoms with E-state index in [0.717, 1.165) is 5.56 Å². The van der Waals surface area contributed by atoms with Gasteiger partial charge in [-0.3, -0.25) is 19.3 Å². The third kappa shape index (κ3) is 3.32. The second kappa shape index (κ2) is 7.40. The van der Waals surface area contributed by atoms with Crippen molar-refractivity contribution in [2.24, 2.45) is 29.1 Å². The van der Waals surface area contributed by atoms with E-state index in [9.17, 15) is 18.0 Å². The van der Waals surface area contributed by atoms with E-state index in [1.54, 1.807) is 19.4 Å². The van der Waals surface area contributed by atoms with Crippen molar-refractivity contribution in [2.45, 2.75) is 44.4 Å². The van der Waals surface area contributed by atoms with E-state index in [2.05, 4.69) is 9.98 Å². The first-order valence-corrected chi connectivity index (χ1v) is 10.8. The van der Waals surface area contributed by atoms with Crippen LogP contribution in [0, 0.1) is 11.3 Å². The van der Waals surface area contributed by atoms with Crippen molar-refractivity contribution in [3.63, 3.8) is 0 Å². The fourth-order valence-electron chi connectivity index (χ4n) is 5.51. The average molecular weight is 446 g/mol. The van der Waals surface area contributed by atoms with Crippen molar-refractivity contribution in [2.75, 3.05) is 18.0 Å². The third-order valence-electron chi connectivity index (χ3n) is 7.40. The van der Waals surface area contributed by atoms with E-state index < -0.39 is 23.6 Å². The number of alkyl halides is 3. The molecule has 3 aliphatic rings. The lowest BCUT2D eigenvalue weighted by molar-refractivity contribution is -0.174. The Hall–Kier alpha value is -2.75. The standard InChI is InChI=1S/C22H25F3N6O/c1-30-19(32)17-15(12-28-18(17)13-2-6-27-7-3-13)29-20(30)31-8-4-21(5-9-31)11-14(10-16(21)26)22(23,24)25/h2-3,6-7,14,16H,4-5,8-12,26H2,1H3/t14-,16+/m0/s1. The van der Waals surface area contributed by atoms with Crippen LogP contribution < -0.4 is 16.2 Å². The number of anilines is 1. The van der Waals surface area contributed by atoms with Gasteiger partial charge in [0, 0.05) is 44.1 Å². The number of aromatic nitrogens is 3. The van der Waals surface area contributed by atoms with Crippen molar-refractivity contribution in [3.8, 4) is 0 Å². The lowest BCUT2D eigenvalue weighted by Gasteiger charge is -2.42. The molecule has 0 radical (unpaired) electrons. The Labute approximate surface area is 183 Å². The number of pyridine rings is 1. The van der Waals surface area contributed by atoms with E-state index >= 15 is 0 Å². The Morgan fingerprint density at radius 3 is 2.50 bits per heavy atom. The lowest BCUT2D eigenvalue weighted by Crippen LogP contribution is -2.48. The van der Waals surface area contributed by atoms with Gasteiger partial charge in [0.05, 0.1) is 29.4 Å². The van der Waals surface area contributed by atoms with Gasteiger partial charge in [-0.25, -0.2) is 4.98 Å². The molecule has 2 aliphatic heterocycles. The Kier molecular flexibility index (Phi) is 4.88. The van der Waals surface area contributed by atoms with Gasteiger partial charge in [0.25, 0.3) is 5.56 Å². The highest BCUT2D eigenvalue weighted by atomic mass is 19.4. The molecular weight excluding hydrogens is 421 g/mol. The highest BCUT2D eigenvalue weighted by Crippen LogP contribution is 2.52. The summed E-state index contributed by atoms with van der Waals surface area (Å²) in [5, 5.41) is 0. The minimum absolute atomic E-state index is 0.00575. The first-order valence-electron chi connectivity index (χ1n) is 10.8. The maximum atomic E-state index is 13.3. The lowest BCUT2D eigenvalue weighted by atomic mass is 9.74. The van der Waals surface area contributed by atoms with Crippen LogP contribution in [-0.2, 0) is 13.6 Å². The Morgan fingerprint density at radius 2 is 1.88 bits per heavy atom. The molecule has 1 saturated heterocycles. The van der Waals surface area contributed by atoms with Crippen LogP contribution in [0.25, 0.3) is 0 Å². The summed E-state index contributed by atoms with van der Waals surface area (Å²) in [5.74, 6) is -0.788. The number of hydrogen-bond donors (Lipinski definition) is 1. The maximum absolute atomic E-state index is 13.3. The summed E-state index contributed by atoms with van der Waals surface area (Å²) in [4.78, 5) is 28.5. The molecule has 0 bridgehead atoms. The van der Waals surface area contributed by atoms with Crippen LogP contribution >= 0.6 is 0 Å². The molecule has 1 saturated carbocycles. The number of nitrogens with zero attached hydrogens (tertiary/aromatic N) is 5. The normalized spacial score (nSPS) is 24.7. The molecule has 0 amide bonds. The molecule has 32 heavy (non-hydrogen) atoms. The van der Waals surface area contributed by atoms with Crippen LogP contribution in [-0.4, -0.2) is 45.6 Å². The number of nitrogens with two attached hydrogens (primary N) is 1. The molecule has 1 spiro atoms. The minimum Gasteiger partial charge on any atom is -0.342 e. The Balaban J connectivity index is 1.38. The number of halogens is 3. The van der Waals surface area contributed by atoms with Crippen LogP contribution in [0.4, 0.5) is 19.1 Å². The monoisotopic (exact) mass is 446 g/mol. The zero-order valence-electron chi connectivity index (χ0n) is 17.8. The predicted molar refractivity (Wildman–Crippen MR) is 114 cm³/mol. The van der Waals surface area contributed by atoms with Gasteiger partial charge in [0.2, 0.25) is 5.95 Å². The first-order chi connectivity index (χ1) is 15.2. The van der Waals surface area contributed by atoms with Crippen molar-refractivity contribution >= 4 is 11.7 Å². The number of aliphatic imine (C=N–C) groups is 1. The first kappa shape index (κ1) is 21.1. The molecule has 2 fully saturated rings. The largest absolute Gasteiger partial charge is 0.391 e. The van der Waals surface area contributed by atoms with Gasteiger partial charge in [0.15, 0.2) is 0 Å². The minimum atomic E-state index is -4.20. The van der Waals surface area contributed by atoms with Crippen molar-refractivity contribution in [1.29, 1.82) is 0 Å². The fourth-order valence-corrected chi connectivity index (χ4v) is 5.51. The molecule has 1 aliphatic carbocycles. The molecule has 170 valence electrons. The van der Waals surface area contributed by atoms with Crippen LogP contribution in [0.1, 0.15) is 42.5 Å². The summed E-state index contributed by atoms with van der Waals surface area (Å²) in [6.07, 6.45) is 0.320. The zero-order chi connectivity index (χ0) is 22.7. The molecule has 2 N–H and O–H groups in total. The average Bonchev–Trinajstić information content (AvgIpc) is 3.34. The summed E-state index contributed by atoms with van der Waals surface area (Å²) in [7, 11) is 1.68. The maximum Gasteiger partial charge on any atom is 0.391 e. The highest BCUT2D eigenvalue weighted by molar-refractivity contribution is 6.14. The Morgan fingerprint density at radius 1 is 1.19 bits per heavy atom. The number of hydrogen-bond acceptors (Lipinski definition) is 6. The smallest absolute Gasteiger partial charge is 0.342 e. The quantitative estimate of drug-likeness (QED) is 0.765. The number of fused-ring (bicyclic) bond motifs is 1. The van der Waals surface area contributed by atoms with Crippen LogP contribution in [0.5, 0.6) is 0 Å². The van der Waals surface area contributed by atoms with E-state index in [1.807, 2.05) is 17.0 Å². The fraction of sp³-hybridized carbons (Fsp3) is 0.545. The second-order valence-corrected chi connectivity index (χ2v) is 9.13. The molecular formula is C22H25F3N6O. The van der Waals surface area contributed by atoms with Crippen LogP contribution in [0.2, 0.25) is 0 Å². The van der Waals surface area contributed by atoms with E-state index in [-0.39, 0.29) is 18.4 Å². The number of piperidine rings is 1. The number of rotatable bonds is 2. The van der Waals surface area contributed by atoms with E-state index in [1.165, 1.54) is 4.57 Å². The molecule has 7 nitrogen and oxygen atoms in total. The molecule has 0 aromatic carbocycles. The predicted octanol–water partition coefficient (Wildman–Crippen LogP) is 2.41. The topological polar surface area (TPSA) is 89.4 Å². The molecule has 2 aromatic rings. The van der Waals surface area contributed by atoms with E-state index in [4.69, 9.17) is 10.7 Å². The van der Waals surface area contributed by atoms with Crippen LogP contribution in [0.15, 0.2) is 34.3 Å². The molecule has 2 aromatic heterocycles. The van der Waals surface area contributed by atoms with Gasteiger partial charge in [-0.15, -0.1) is 0 Å². The summed E-state index contributed by atoms with van der Waals surface area (Å²) >= 11 is 0. The third-order valence-corrected chi connectivity index (χ3v) is 7.40. The van der Waals surface area contributed by atoms with Gasteiger partial charge in [0.1, 0.15) is 0 Å². The molecule has 4 heterocycles. The molecule has 0 unspecified atom stereocenters. The molecule has 2 atom stereocenters. The summed E-state index contributed by atoms with van der Waals surface area (Å²) in [6, 6.07) is 3.17. The van der Waals surface area contributed by atoms with Gasteiger partial charge in [-0.1, -0.05) is 0 Å². The van der Waals surface area contributed by atoms with Crippen molar-refractivity contribution in [3.05, 3.63) is 51.7 Å². The zero-order valence-corrected chi connectivity index (χ0v) is 17.8. The van der Waals surface area contributed by atoms with Gasteiger partial charge < -0.3 is 10.6 Å². The second-order valence-electron chi connectivity index (χ2n) is 9.13. The van der Waals surface area contributed by atoms with E-state index in [0.29, 0.717) is 55.4 Å². The molecule has 10 heteroatoms. The molecule has 5 rings (SSSR count). The summed E-state index contributed by atoms with van der Waals surface area (Å²) in [5.41, 5.74) is 8.11. The van der Waals surface area contributed by atoms with Gasteiger partial charge in [-0.05, 0) is 43.2 Å². The van der Waals surface area contributed by atoms with Gasteiger partial charge in [-0.2, -0.15) is 13.2 Å². The summed E-state index contributed by atoms with van der Waals surface area (Å²) < 4.78 is 41.3. The van der Waals surface area contributed by atoms with Crippen molar-refractivity contribution < 1.29 is 13.2 Å².